The van der Waals surface area contributed by atoms with Crippen LogP contribution in [-0.4, -0.2) is 16.5 Å². The molecule has 0 aliphatic carbocycles. The number of thioether (sulfide) groups is 1. The van der Waals surface area contributed by atoms with E-state index in [2.05, 4.69) is 23.3 Å². The number of nitrogens with one attached hydrogen (secondary N) is 1. The molecule has 3 rings (SSSR count). The number of anilines is 1. The van der Waals surface area contributed by atoms with Crippen LogP contribution in [0.2, 0.25) is 5.02 Å². The molecule has 1 aromatic carbocycles. The number of halogens is 1. The molecule has 104 valence electrons. The molecule has 5 heteroatoms. The topological polar surface area (TPSA) is 37.8 Å². The van der Waals surface area contributed by atoms with Crippen molar-refractivity contribution in [2.24, 2.45) is 0 Å². The van der Waals surface area contributed by atoms with E-state index >= 15 is 0 Å². The third-order valence-electron chi connectivity index (χ3n) is 3.22. The SMILES string of the molecule is CCNc1nc(Cc2cccc(Cl)c2)nc2c1CSC2. The number of nitrogens with zero attached hydrogens (tertiary/aromatic N) is 2. The minimum atomic E-state index is 0.719. The number of aromatic nitrogens is 2. The highest BCUT2D eigenvalue weighted by atomic mass is 35.5. The maximum Gasteiger partial charge on any atom is 0.135 e. The summed E-state index contributed by atoms with van der Waals surface area (Å²) in [6, 6.07) is 7.88. The molecule has 0 fully saturated rings. The van der Waals surface area contributed by atoms with Crippen LogP contribution in [-0.2, 0) is 17.9 Å². The van der Waals surface area contributed by atoms with Gasteiger partial charge in [-0.3, -0.25) is 0 Å². The average Bonchev–Trinajstić information content (AvgIpc) is 2.87. The second kappa shape index (κ2) is 6.02. The predicted octanol–water partition coefficient (Wildman–Crippen LogP) is 3.90. The normalized spacial score (nSPS) is 13.3. The zero-order chi connectivity index (χ0) is 13.9. The summed E-state index contributed by atoms with van der Waals surface area (Å²) in [6.07, 6.45) is 0.719. The van der Waals surface area contributed by atoms with Crippen LogP contribution in [0, 0.1) is 0 Å². The van der Waals surface area contributed by atoms with Crippen LogP contribution < -0.4 is 5.32 Å². The standard InChI is InChI=1S/C15H16ClN3S/c1-2-17-15-12-8-20-9-13(12)18-14(19-15)7-10-4-3-5-11(16)6-10/h3-6H,2,7-9H2,1H3,(H,17,18,19). The van der Waals surface area contributed by atoms with Gasteiger partial charge in [0.05, 0.1) is 5.69 Å². The summed E-state index contributed by atoms with van der Waals surface area (Å²) >= 11 is 7.93. The van der Waals surface area contributed by atoms with E-state index in [4.69, 9.17) is 16.6 Å². The third-order valence-corrected chi connectivity index (χ3v) is 4.43. The number of hydrogen-bond acceptors (Lipinski definition) is 4. The Morgan fingerprint density at radius 2 is 2.20 bits per heavy atom. The minimum absolute atomic E-state index is 0.719. The zero-order valence-corrected chi connectivity index (χ0v) is 12.9. The fourth-order valence-corrected chi connectivity index (χ4v) is 3.58. The van der Waals surface area contributed by atoms with Gasteiger partial charge in [0, 0.05) is 35.1 Å². The predicted molar refractivity (Wildman–Crippen MR) is 85.5 cm³/mol. The van der Waals surface area contributed by atoms with E-state index in [1.165, 1.54) is 11.3 Å². The molecule has 0 atom stereocenters. The molecule has 0 bridgehead atoms. The first-order valence-corrected chi connectivity index (χ1v) is 8.24. The summed E-state index contributed by atoms with van der Waals surface area (Å²) < 4.78 is 0. The lowest BCUT2D eigenvalue weighted by Gasteiger charge is -2.10. The summed E-state index contributed by atoms with van der Waals surface area (Å²) in [4.78, 5) is 9.39. The van der Waals surface area contributed by atoms with Crippen LogP contribution in [0.5, 0.6) is 0 Å². The van der Waals surface area contributed by atoms with Gasteiger partial charge in [0.2, 0.25) is 0 Å². The first-order chi connectivity index (χ1) is 9.76. The molecule has 1 aliphatic heterocycles. The van der Waals surface area contributed by atoms with Crippen molar-refractivity contribution >= 4 is 29.2 Å². The zero-order valence-electron chi connectivity index (χ0n) is 11.3. The molecule has 0 amide bonds. The van der Waals surface area contributed by atoms with Crippen LogP contribution in [0.15, 0.2) is 24.3 Å². The Morgan fingerprint density at radius 3 is 3.00 bits per heavy atom. The lowest BCUT2D eigenvalue weighted by molar-refractivity contribution is 0.924. The van der Waals surface area contributed by atoms with E-state index in [-0.39, 0.29) is 0 Å². The van der Waals surface area contributed by atoms with Crippen LogP contribution in [0.1, 0.15) is 29.6 Å². The number of hydrogen-bond donors (Lipinski definition) is 1. The lowest BCUT2D eigenvalue weighted by atomic mass is 10.1. The van der Waals surface area contributed by atoms with Crippen molar-refractivity contribution in [1.29, 1.82) is 0 Å². The van der Waals surface area contributed by atoms with Crippen molar-refractivity contribution in [1.82, 2.24) is 9.97 Å². The maximum absolute atomic E-state index is 6.03. The first kappa shape index (κ1) is 13.7. The number of rotatable bonds is 4. The summed E-state index contributed by atoms with van der Waals surface area (Å²) in [6.45, 7) is 2.97. The smallest absolute Gasteiger partial charge is 0.135 e. The van der Waals surface area contributed by atoms with Gasteiger partial charge in [-0.1, -0.05) is 23.7 Å². The van der Waals surface area contributed by atoms with Crippen molar-refractivity contribution in [2.75, 3.05) is 11.9 Å². The van der Waals surface area contributed by atoms with E-state index in [9.17, 15) is 0 Å². The van der Waals surface area contributed by atoms with Gasteiger partial charge in [0.25, 0.3) is 0 Å². The largest absolute Gasteiger partial charge is 0.370 e. The van der Waals surface area contributed by atoms with Crippen molar-refractivity contribution < 1.29 is 0 Å². The van der Waals surface area contributed by atoms with Crippen molar-refractivity contribution in [2.45, 2.75) is 24.9 Å². The summed E-state index contributed by atoms with van der Waals surface area (Å²) in [5.74, 6) is 3.86. The van der Waals surface area contributed by atoms with Crippen LogP contribution in [0.25, 0.3) is 0 Å². The van der Waals surface area contributed by atoms with E-state index in [1.54, 1.807) is 0 Å². The molecule has 2 aromatic rings. The van der Waals surface area contributed by atoms with Crippen LogP contribution >= 0.6 is 23.4 Å². The Bertz CT molecular complexity index is 631. The summed E-state index contributed by atoms with van der Waals surface area (Å²) in [5.41, 5.74) is 3.59. The highest BCUT2D eigenvalue weighted by Crippen LogP contribution is 2.33. The molecule has 2 heterocycles. The van der Waals surface area contributed by atoms with Gasteiger partial charge in [-0.25, -0.2) is 9.97 Å². The van der Waals surface area contributed by atoms with Gasteiger partial charge >= 0.3 is 0 Å². The van der Waals surface area contributed by atoms with Crippen LogP contribution in [0.4, 0.5) is 5.82 Å². The van der Waals surface area contributed by atoms with E-state index < -0.39 is 0 Å². The fraction of sp³-hybridized carbons (Fsp3) is 0.333. The van der Waals surface area contributed by atoms with Crippen molar-refractivity contribution in [3.05, 3.63) is 51.9 Å². The molecular formula is C15H16ClN3S. The molecular weight excluding hydrogens is 290 g/mol. The Hall–Kier alpha value is -1.26. The first-order valence-electron chi connectivity index (χ1n) is 6.71. The summed E-state index contributed by atoms with van der Waals surface area (Å²) in [7, 11) is 0. The quantitative estimate of drug-likeness (QED) is 0.929. The van der Waals surface area contributed by atoms with Gasteiger partial charge < -0.3 is 5.32 Å². The van der Waals surface area contributed by atoms with Gasteiger partial charge in [-0.05, 0) is 24.6 Å². The van der Waals surface area contributed by atoms with E-state index in [0.29, 0.717) is 0 Å². The Kier molecular flexibility index (Phi) is 4.13. The van der Waals surface area contributed by atoms with E-state index in [0.717, 1.165) is 46.7 Å². The van der Waals surface area contributed by atoms with Crippen molar-refractivity contribution in [3.63, 3.8) is 0 Å². The molecule has 1 aromatic heterocycles. The molecule has 0 saturated heterocycles. The second-order valence-electron chi connectivity index (χ2n) is 4.74. The molecule has 0 radical (unpaired) electrons. The highest BCUT2D eigenvalue weighted by molar-refractivity contribution is 7.98. The third kappa shape index (κ3) is 2.91. The highest BCUT2D eigenvalue weighted by Gasteiger charge is 2.19. The van der Waals surface area contributed by atoms with Crippen LogP contribution in [0.3, 0.4) is 0 Å². The molecule has 1 aliphatic rings. The molecule has 1 N–H and O–H groups in total. The minimum Gasteiger partial charge on any atom is -0.370 e. The monoisotopic (exact) mass is 305 g/mol. The Balaban J connectivity index is 1.92. The molecule has 0 saturated carbocycles. The van der Waals surface area contributed by atoms with Gasteiger partial charge in [-0.2, -0.15) is 11.8 Å². The Morgan fingerprint density at radius 1 is 1.30 bits per heavy atom. The second-order valence-corrected chi connectivity index (χ2v) is 6.17. The Labute approximate surface area is 128 Å². The van der Waals surface area contributed by atoms with Crippen molar-refractivity contribution in [3.8, 4) is 0 Å². The molecule has 0 unspecified atom stereocenters. The average molecular weight is 306 g/mol. The summed E-state index contributed by atoms with van der Waals surface area (Å²) in [5, 5.41) is 4.11. The van der Waals surface area contributed by atoms with Gasteiger partial charge in [0.1, 0.15) is 11.6 Å². The van der Waals surface area contributed by atoms with Gasteiger partial charge in [0.15, 0.2) is 0 Å². The van der Waals surface area contributed by atoms with Gasteiger partial charge in [-0.15, -0.1) is 0 Å². The number of benzene rings is 1. The molecule has 3 nitrogen and oxygen atoms in total. The maximum atomic E-state index is 6.03. The fourth-order valence-electron chi connectivity index (χ4n) is 2.32. The van der Waals surface area contributed by atoms with E-state index in [1.807, 2.05) is 30.0 Å². The lowest BCUT2D eigenvalue weighted by Crippen LogP contribution is -2.08. The molecule has 20 heavy (non-hydrogen) atoms. The molecule has 0 spiro atoms. The number of fused-ring (bicyclic) bond motifs is 1.